The summed E-state index contributed by atoms with van der Waals surface area (Å²) in [5.74, 6) is 0.653. The van der Waals surface area contributed by atoms with Crippen molar-refractivity contribution >= 4 is 15.7 Å². The number of benzene rings is 2. The number of carbonyl (C=O) groups excluding carboxylic acids is 1. The molecule has 0 spiro atoms. The van der Waals surface area contributed by atoms with Gasteiger partial charge in [-0.3, -0.25) is 4.79 Å². The number of carbonyl (C=O) groups is 1. The van der Waals surface area contributed by atoms with Crippen LogP contribution in [0, 0.1) is 5.92 Å². The van der Waals surface area contributed by atoms with Gasteiger partial charge in [0, 0.05) is 6.54 Å². The Morgan fingerprint density at radius 2 is 1.73 bits per heavy atom. The van der Waals surface area contributed by atoms with Gasteiger partial charge in [-0.2, -0.15) is 0 Å². The van der Waals surface area contributed by atoms with Gasteiger partial charge in [0.2, 0.25) is 0 Å². The molecular weight excluding hydrogens is 350 g/mol. The molecule has 2 rings (SSSR count). The van der Waals surface area contributed by atoms with E-state index in [1.165, 1.54) is 6.07 Å². The first kappa shape index (κ1) is 20.0. The summed E-state index contributed by atoms with van der Waals surface area (Å²) in [5.41, 5.74) is 1.09. The normalized spacial score (nSPS) is 11.4. The molecule has 0 saturated heterocycles. The maximum atomic E-state index is 12.6. The van der Waals surface area contributed by atoms with Gasteiger partial charge in [0.15, 0.2) is 9.84 Å². The Labute approximate surface area is 155 Å². The standard InChI is InChI=1S/C20H25NO4S/c1-15(2)12-13-26(23,24)19-7-5-4-6-18(19)20(22)21-14-16-8-10-17(25-3)11-9-16/h4-11,15H,12-14H2,1-3H3,(H,21,22). The lowest BCUT2D eigenvalue weighted by Gasteiger charge is -2.12. The Balaban J connectivity index is 2.13. The molecule has 2 aromatic carbocycles. The molecule has 26 heavy (non-hydrogen) atoms. The van der Waals surface area contributed by atoms with E-state index in [0.29, 0.717) is 13.0 Å². The average molecular weight is 375 g/mol. The van der Waals surface area contributed by atoms with Gasteiger partial charge in [-0.25, -0.2) is 8.42 Å². The molecule has 0 radical (unpaired) electrons. The van der Waals surface area contributed by atoms with Crippen LogP contribution in [0.1, 0.15) is 36.2 Å². The fourth-order valence-electron chi connectivity index (χ4n) is 2.45. The smallest absolute Gasteiger partial charge is 0.252 e. The van der Waals surface area contributed by atoms with Crippen molar-refractivity contribution < 1.29 is 17.9 Å². The van der Waals surface area contributed by atoms with Gasteiger partial charge in [-0.1, -0.05) is 38.1 Å². The highest BCUT2D eigenvalue weighted by Crippen LogP contribution is 2.19. The van der Waals surface area contributed by atoms with Gasteiger partial charge in [-0.05, 0) is 42.2 Å². The second-order valence-corrected chi connectivity index (χ2v) is 8.61. The highest BCUT2D eigenvalue weighted by molar-refractivity contribution is 7.91. The minimum Gasteiger partial charge on any atom is -0.497 e. The molecule has 5 nitrogen and oxygen atoms in total. The van der Waals surface area contributed by atoms with Gasteiger partial charge in [0.05, 0.1) is 23.3 Å². The van der Waals surface area contributed by atoms with Crippen molar-refractivity contribution in [3.63, 3.8) is 0 Å². The van der Waals surface area contributed by atoms with E-state index in [1.807, 2.05) is 38.1 Å². The quantitative estimate of drug-likeness (QED) is 0.767. The van der Waals surface area contributed by atoms with E-state index in [4.69, 9.17) is 4.74 Å². The number of rotatable bonds is 8. The minimum atomic E-state index is -3.50. The summed E-state index contributed by atoms with van der Waals surface area (Å²) >= 11 is 0. The number of nitrogens with one attached hydrogen (secondary N) is 1. The molecule has 0 heterocycles. The van der Waals surface area contributed by atoms with E-state index in [2.05, 4.69) is 5.32 Å². The summed E-state index contributed by atoms with van der Waals surface area (Å²) in [4.78, 5) is 12.6. The molecule has 1 amide bonds. The lowest BCUT2D eigenvalue weighted by Crippen LogP contribution is -2.25. The van der Waals surface area contributed by atoms with Crippen molar-refractivity contribution in [1.82, 2.24) is 5.32 Å². The second kappa shape index (κ2) is 8.85. The van der Waals surface area contributed by atoms with Crippen LogP contribution in [0.3, 0.4) is 0 Å². The van der Waals surface area contributed by atoms with Crippen LogP contribution >= 0.6 is 0 Å². The molecule has 6 heteroatoms. The van der Waals surface area contributed by atoms with Crippen molar-refractivity contribution in [3.8, 4) is 5.75 Å². The molecule has 0 atom stereocenters. The van der Waals surface area contributed by atoms with E-state index >= 15 is 0 Å². The van der Waals surface area contributed by atoms with Crippen LogP contribution in [0.25, 0.3) is 0 Å². The number of amides is 1. The number of hydrogen-bond acceptors (Lipinski definition) is 4. The number of hydrogen-bond donors (Lipinski definition) is 1. The first-order chi connectivity index (χ1) is 12.3. The zero-order valence-electron chi connectivity index (χ0n) is 15.4. The molecule has 0 aliphatic carbocycles. The molecule has 0 aliphatic rings. The molecule has 140 valence electrons. The van der Waals surface area contributed by atoms with Crippen molar-refractivity contribution in [2.75, 3.05) is 12.9 Å². The van der Waals surface area contributed by atoms with Gasteiger partial charge in [0.1, 0.15) is 5.75 Å². The lowest BCUT2D eigenvalue weighted by atomic mass is 10.2. The van der Waals surface area contributed by atoms with Crippen LogP contribution in [0.5, 0.6) is 5.75 Å². The Hall–Kier alpha value is -2.34. The maximum Gasteiger partial charge on any atom is 0.252 e. The van der Waals surface area contributed by atoms with Crippen LogP contribution in [0.2, 0.25) is 0 Å². The summed E-state index contributed by atoms with van der Waals surface area (Å²) in [6.07, 6.45) is 0.560. The van der Waals surface area contributed by atoms with Gasteiger partial charge in [0.25, 0.3) is 5.91 Å². The first-order valence-electron chi connectivity index (χ1n) is 8.56. The summed E-state index contributed by atoms with van der Waals surface area (Å²) < 4.78 is 30.3. The van der Waals surface area contributed by atoms with Gasteiger partial charge in [-0.15, -0.1) is 0 Å². The molecule has 2 aromatic rings. The Bertz CT molecular complexity index is 842. The Morgan fingerprint density at radius 1 is 1.08 bits per heavy atom. The molecule has 0 aliphatic heterocycles. The molecule has 0 saturated carbocycles. The van der Waals surface area contributed by atoms with Crippen molar-refractivity contribution in [2.45, 2.75) is 31.7 Å². The fourth-order valence-corrected chi connectivity index (χ4v) is 4.23. The van der Waals surface area contributed by atoms with Crippen LogP contribution in [0.15, 0.2) is 53.4 Å². The van der Waals surface area contributed by atoms with E-state index < -0.39 is 15.7 Å². The fraction of sp³-hybridized carbons (Fsp3) is 0.350. The predicted molar refractivity (Wildman–Crippen MR) is 102 cm³/mol. The van der Waals surface area contributed by atoms with E-state index in [1.54, 1.807) is 25.3 Å². The van der Waals surface area contributed by atoms with Crippen LogP contribution in [-0.4, -0.2) is 27.2 Å². The Morgan fingerprint density at radius 3 is 2.35 bits per heavy atom. The third-order valence-electron chi connectivity index (χ3n) is 4.04. The van der Waals surface area contributed by atoms with E-state index in [9.17, 15) is 13.2 Å². The molecule has 0 unspecified atom stereocenters. The molecular formula is C20H25NO4S. The highest BCUT2D eigenvalue weighted by atomic mass is 32.2. The minimum absolute atomic E-state index is 0.0352. The first-order valence-corrected chi connectivity index (χ1v) is 10.2. The maximum absolute atomic E-state index is 12.6. The topological polar surface area (TPSA) is 72.5 Å². The third-order valence-corrected chi connectivity index (χ3v) is 5.84. The third kappa shape index (κ3) is 5.33. The van der Waals surface area contributed by atoms with Crippen molar-refractivity contribution in [3.05, 3.63) is 59.7 Å². The molecule has 0 bridgehead atoms. The number of ether oxygens (including phenoxy) is 1. The largest absolute Gasteiger partial charge is 0.497 e. The predicted octanol–water partition coefficient (Wildman–Crippen LogP) is 3.45. The lowest BCUT2D eigenvalue weighted by molar-refractivity contribution is 0.0947. The molecule has 0 aromatic heterocycles. The summed E-state index contributed by atoms with van der Waals surface area (Å²) in [6, 6.07) is 13.7. The van der Waals surface area contributed by atoms with Crippen molar-refractivity contribution in [2.24, 2.45) is 5.92 Å². The summed E-state index contributed by atoms with van der Waals surface area (Å²) in [5, 5.41) is 2.79. The zero-order chi connectivity index (χ0) is 19.2. The SMILES string of the molecule is COc1ccc(CNC(=O)c2ccccc2S(=O)(=O)CCC(C)C)cc1. The molecule has 1 N–H and O–H groups in total. The van der Waals surface area contributed by atoms with Gasteiger partial charge >= 0.3 is 0 Å². The van der Waals surface area contributed by atoms with Crippen molar-refractivity contribution in [1.29, 1.82) is 0 Å². The summed E-state index contributed by atoms with van der Waals surface area (Å²) in [6.45, 7) is 4.26. The monoisotopic (exact) mass is 375 g/mol. The van der Waals surface area contributed by atoms with E-state index in [0.717, 1.165) is 11.3 Å². The number of sulfone groups is 1. The molecule has 0 fully saturated rings. The van der Waals surface area contributed by atoms with E-state index in [-0.39, 0.29) is 22.1 Å². The number of methoxy groups -OCH3 is 1. The van der Waals surface area contributed by atoms with Gasteiger partial charge < -0.3 is 10.1 Å². The van der Waals surface area contributed by atoms with Crippen LogP contribution < -0.4 is 10.1 Å². The summed E-state index contributed by atoms with van der Waals surface area (Å²) in [7, 11) is -1.91. The second-order valence-electron chi connectivity index (χ2n) is 6.53. The average Bonchev–Trinajstić information content (AvgIpc) is 2.65. The Kier molecular flexibility index (Phi) is 6.80. The van der Waals surface area contributed by atoms with Crippen LogP contribution in [-0.2, 0) is 16.4 Å². The highest BCUT2D eigenvalue weighted by Gasteiger charge is 2.22. The zero-order valence-corrected chi connectivity index (χ0v) is 16.2. The van der Waals surface area contributed by atoms with Crippen LogP contribution in [0.4, 0.5) is 0 Å².